The molecule has 2 aromatic rings. The van der Waals surface area contributed by atoms with Crippen LogP contribution in [0.5, 0.6) is 23.0 Å². The zero-order chi connectivity index (χ0) is 59.1. The molecule has 23 heteroatoms. The van der Waals surface area contributed by atoms with Crippen molar-refractivity contribution in [2.75, 3.05) is 54.9 Å². The maximum atomic E-state index is 9.51. The predicted molar refractivity (Wildman–Crippen MR) is 303 cm³/mol. The number of allylic oxidation sites excluding steroid dienone is 1. The van der Waals surface area contributed by atoms with Gasteiger partial charge in [-0.05, 0) is 107 Å². The molecule has 0 amide bonds. The number of nitrogens with two attached hydrogens (primary N) is 4. The van der Waals surface area contributed by atoms with E-state index < -0.39 is 12.3 Å². The summed E-state index contributed by atoms with van der Waals surface area (Å²) < 4.78 is 47.7. The van der Waals surface area contributed by atoms with Crippen LogP contribution in [0.4, 0.5) is 0 Å². The molecule has 12 N–H and O–H groups in total. The van der Waals surface area contributed by atoms with Crippen LogP contribution in [0.2, 0.25) is 0 Å². The molecule has 0 unspecified atom stereocenters. The SMILES string of the molecule is C/C=C\C(=O)O.CC[C@@H](O)OC=O.COc1ccc(CCO[C@@H]2CCCC[C@H]2N)cc1OC.COc1ccc(CCO[C@@H]2CCCC[C@H]2N)cc1OC.OOC#COO.[CH2-]CO[C@@H]1CCCC[C@H]1N.[CH2-]CO[C@@H]1CCCC[C@H]1N.[Y].[Y]. The van der Waals surface area contributed by atoms with Crippen LogP contribution in [-0.4, -0.2) is 143 Å². The van der Waals surface area contributed by atoms with Crippen LogP contribution in [0, 0.1) is 26.1 Å². The topological polar surface area (TPSA) is 321 Å². The van der Waals surface area contributed by atoms with Gasteiger partial charge in [0.2, 0.25) is 12.2 Å². The fraction of sp³-hybridized carbons (Fsp3) is 0.655. The van der Waals surface area contributed by atoms with Gasteiger partial charge < -0.3 is 89.6 Å². The normalized spacial score (nSPS) is 21.8. The first-order valence-electron chi connectivity index (χ1n) is 27.4. The second-order valence-electron chi connectivity index (χ2n) is 18.6. The monoisotopic (exact) mass is 1300 g/mol. The van der Waals surface area contributed by atoms with E-state index in [9.17, 15) is 9.59 Å². The zero-order valence-electron chi connectivity index (χ0n) is 49.1. The second kappa shape index (κ2) is 55.1. The van der Waals surface area contributed by atoms with E-state index >= 15 is 0 Å². The first kappa shape index (κ1) is 82.5. The van der Waals surface area contributed by atoms with Gasteiger partial charge in [-0.3, -0.25) is 14.6 Å². The van der Waals surface area contributed by atoms with Crippen molar-refractivity contribution >= 4 is 12.4 Å². The molecule has 4 aliphatic carbocycles. The molecular formula is C58H98N4O17Y2-2. The van der Waals surface area contributed by atoms with Gasteiger partial charge in [0.25, 0.3) is 6.47 Å². The molecule has 0 heterocycles. The molecule has 0 aliphatic heterocycles. The van der Waals surface area contributed by atoms with Crippen LogP contribution in [0.1, 0.15) is 134 Å². The molecule has 6 rings (SSSR count). The summed E-state index contributed by atoms with van der Waals surface area (Å²) >= 11 is 0. The van der Waals surface area contributed by atoms with Gasteiger partial charge in [0, 0.05) is 102 Å². The van der Waals surface area contributed by atoms with Gasteiger partial charge in [0.05, 0.1) is 66.1 Å². The average molecular weight is 1300 g/mol. The van der Waals surface area contributed by atoms with E-state index in [1.54, 1.807) is 42.3 Å². The van der Waals surface area contributed by atoms with Crippen molar-refractivity contribution in [3.05, 3.63) is 73.5 Å². The fourth-order valence-electron chi connectivity index (χ4n) is 8.70. The average Bonchev–Trinajstić information content (AvgIpc) is 3.45. The van der Waals surface area contributed by atoms with Crippen molar-refractivity contribution in [2.45, 2.75) is 191 Å². The Morgan fingerprint density at radius 1 is 0.593 bits per heavy atom. The van der Waals surface area contributed by atoms with E-state index in [1.807, 2.05) is 36.4 Å². The Hall–Kier alpha value is -2.75. The Balaban J connectivity index is -0.000000924. The second-order valence-corrected chi connectivity index (χ2v) is 18.6. The molecule has 2 radical (unpaired) electrons. The van der Waals surface area contributed by atoms with E-state index in [0.29, 0.717) is 32.8 Å². The summed E-state index contributed by atoms with van der Waals surface area (Å²) in [5.41, 5.74) is 26.2. The number of aliphatic carboxylic acids is 1. The van der Waals surface area contributed by atoms with Gasteiger partial charge in [0.1, 0.15) is 0 Å². The van der Waals surface area contributed by atoms with E-state index in [0.717, 1.165) is 93.3 Å². The Bertz CT molecular complexity index is 1800. The minimum Gasteiger partial charge on any atom is -0.493 e. The molecule has 0 spiro atoms. The third-order valence-electron chi connectivity index (χ3n) is 13.0. The number of carboxylic acid groups (broad SMARTS) is 1. The van der Waals surface area contributed by atoms with Crippen LogP contribution in [-0.2, 0) is 121 Å². The largest absolute Gasteiger partial charge is 0.493 e. The summed E-state index contributed by atoms with van der Waals surface area (Å²) in [5, 5.41) is 30.9. The third kappa shape index (κ3) is 40.2. The van der Waals surface area contributed by atoms with Crippen molar-refractivity contribution in [1.29, 1.82) is 0 Å². The van der Waals surface area contributed by atoms with Gasteiger partial charge in [-0.2, -0.15) is 10.5 Å². The van der Waals surface area contributed by atoms with Crippen molar-refractivity contribution in [3.63, 3.8) is 0 Å². The van der Waals surface area contributed by atoms with Crippen LogP contribution in [0.15, 0.2) is 48.6 Å². The Morgan fingerprint density at radius 3 is 1.14 bits per heavy atom. The minimum atomic E-state index is -0.919. The molecule has 21 nitrogen and oxygen atoms in total. The standard InChI is InChI=1S/2C16H25NO3.2C8H16NO.C4H8O3.C4H6O2.C2H2O4.2Y/c2*1-18-15-8-7-12(11-16(15)19-2)9-10-20-14-6-4-3-5-13(14)17;2*1-2-10-8-6-4-3-5-7(8)9;1-2-4(6)7-3-5;1-2-3-4(5)6;3-5-1-2-6-4;;/h2*7-8,11,13-14H,3-6,9-10,17H2,1-2H3;2*7-8H,1-6,9H2;3-4,6H,2H2,1H3;2-3H,1H3,(H,5,6);3-4H;;/q;;2*-1;;;;;/b;;;;;3-2-;;;/t2*13-,14-;2*7-,8-;4-;;;;/m11110..../s1. The van der Waals surface area contributed by atoms with Gasteiger partial charge in [-0.25, -0.2) is 4.79 Å². The maximum Gasteiger partial charge on any atom is 0.327 e. The Kier molecular flexibility index (Phi) is 56.1. The van der Waals surface area contributed by atoms with E-state index in [1.165, 1.54) is 80.8 Å². The number of methoxy groups -OCH3 is 4. The van der Waals surface area contributed by atoms with E-state index in [-0.39, 0.29) is 120 Å². The molecule has 81 heavy (non-hydrogen) atoms. The van der Waals surface area contributed by atoms with Crippen LogP contribution in [0.3, 0.4) is 0 Å². The Labute approximate surface area is 533 Å². The molecule has 0 aromatic heterocycles. The number of benzene rings is 2. The third-order valence-corrected chi connectivity index (χ3v) is 13.0. The molecule has 4 fully saturated rings. The Morgan fingerprint density at radius 2 is 0.914 bits per heavy atom. The quantitative estimate of drug-likeness (QED) is 0.0120. The molecule has 9 atom stereocenters. The number of rotatable bonds is 20. The zero-order valence-corrected chi connectivity index (χ0v) is 54.8. The van der Waals surface area contributed by atoms with Gasteiger partial charge in [-0.1, -0.05) is 89.7 Å². The first-order chi connectivity index (χ1) is 38.2. The maximum absolute atomic E-state index is 9.51. The van der Waals surface area contributed by atoms with Gasteiger partial charge >= 0.3 is 5.97 Å². The van der Waals surface area contributed by atoms with Crippen molar-refractivity contribution in [1.82, 2.24) is 0 Å². The van der Waals surface area contributed by atoms with Crippen molar-refractivity contribution in [3.8, 4) is 35.2 Å². The molecule has 4 saturated carbocycles. The first-order valence-corrected chi connectivity index (χ1v) is 27.4. The smallest absolute Gasteiger partial charge is 0.327 e. The van der Waals surface area contributed by atoms with Gasteiger partial charge in [0.15, 0.2) is 29.3 Å². The van der Waals surface area contributed by atoms with Crippen molar-refractivity contribution < 1.29 is 148 Å². The number of hydrogen-bond donors (Lipinski definition) is 8. The summed E-state index contributed by atoms with van der Waals surface area (Å²) in [6.07, 6.45) is 26.7. The van der Waals surface area contributed by atoms with Crippen LogP contribution < -0.4 is 41.9 Å². The number of aliphatic hydroxyl groups is 1. The van der Waals surface area contributed by atoms with Crippen LogP contribution >= 0.6 is 0 Å². The molecule has 0 bridgehead atoms. The van der Waals surface area contributed by atoms with Crippen LogP contribution in [0.25, 0.3) is 0 Å². The number of carbonyl (C=O) groups is 2. The summed E-state index contributed by atoms with van der Waals surface area (Å²) in [6, 6.07) is 12.9. The predicted octanol–water partition coefficient (Wildman–Crippen LogP) is 7.69. The number of carbonyl (C=O) groups excluding carboxylic acids is 1. The molecule has 4 aliphatic rings. The number of hydrogen-bond acceptors (Lipinski definition) is 20. The molecule has 460 valence electrons. The summed E-state index contributed by atoms with van der Waals surface area (Å²) in [7, 11) is 6.59. The number of ether oxygens (including phenoxy) is 9. The minimum absolute atomic E-state index is 0. The number of aliphatic hydroxyl groups excluding tert-OH is 1. The van der Waals surface area contributed by atoms with Gasteiger partial charge in [-0.15, -0.1) is 0 Å². The molecular weight excluding hydrogens is 1200 g/mol. The van der Waals surface area contributed by atoms with E-state index in [2.05, 4.69) is 28.4 Å². The van der Waals surface area contributed by atoms with Crippen molar-refractivity contribution in [2.24, 2.45) is 22.9 Å². The number of carboxylic acids is 1. The summed E-state index contributed by atoms with van der Waals surface area (Å²) in [4.78, 5) is 25.2. The van der Waals surface area contributed by atoms with E-state index in [4.69, 9.17) is 81.6 Å². The molecule has 2 aromatic carbocycles. The summed E-state index contributed by atoms with van der Waals surface area (Å²) in [5.74, 6) is 2.15. The molecule has 0 saturated heterocycles. The fourth-order valence-corrected chi connectivity index (χ4v) is 8.70. The summed E-state index contributed by atoms with van der Waals surface area (Å²) in [6.45, 7) is 13.4.